The van der Waals surface area contributed by atoms with Crippen LogP contribution in [0.5, 0.6) is 0 Å². The molecular weight excluding hydrogens is 380 g/mol. The monoisotopic (exact) mass is 400 g/mol. The highest BCUT2D eigenvalue weighted by Crippen LogP contribution is 2.21. The van der Waals surface area contributed by atoms with Crippen LogP contribution in [-0.4, -0.2) is 40.9 Å². The van der Waals surface area contributed by atoms with E-state index in [2.05, 4.69) is 33.1 Å². The van der Waals surface area contributed by atoms with Gasteiger partial charge in [-0.05, 0) is 36.0 Å². The Hall–Kier alpha value is -2.15. The van der Waals surface area contributed by atoms with Crippen LogP contribution < -0.4 is 4.90 Å². The Morgan fingerprint density at radius 3 is 2.52 bits per heavy atom. The molecule has 0 N–H and O–H groups in total. The van der Waals surface area contributed by atoms with Gasteiger partial charge in [0, 0.05) is 36.9 Å². The number of benzene rings is 2. The molecule has 1 aromatic heterocycles. The molecule has 3 aromatic rings. The number of rotatable bonds is 5. The lowest BCUT2D eigenvalue weighted by Gasteiger charge is -2.35. The third-order valence-electron chi connectivity index (χ3n) is 4.73. The number of anilines is 1. The molecule has 0 unspecified atom stereocenters. The van der Waals surface area contributed by atoms with Crippen molar-refractivity contribution in [2.75, 3.05) is 31.1 Å². The van der Waals surface area contributed by atoms with Gasteiger partial charge < -0.3 is 9.32 Å². The van der Waals surface area contributed by atoms with Crippen molar-refractivity contribution in [1.82, 2.24) is 14.7 Å². The molecule has 140 valence electrons. The molecular formula is C20H21ClN4OS. The van der Waals surface area contributed by atoms with Crippen molar-refractivity contribution in [3.05, 3.63) is 75.9 Å². The summed E-state index contributed by atoms with van der Waals surface area (Å²) < 4.78 is 7.46. The average Bonchev–Trinajstić information content (AvgIpc) is 3.02. The van der Waals surface area contributed by atoms with Crippen LogP contribution in [0, 0.1) is 4.84 Å². The van der Waals surface area contributed by atoms with E-state index in [0.717, 1.165) is 36.8 Å². The Morgan fingerprint density at radius 2 is 1.78 bits per heavy atom. The molecule has 1 aliphatic rings. The molecule has 5 nitrogen and oxygen atoms in total. The lowest BCUT2D eigenvalue weighted by atomic mass is 10.2. The fourth-order valence-electron chi connectivity index (χ4n) is 3.29. The van der Waals surface area contributed by atoms with E-state index >= 15 is 0 Å². The summed E-state index contributed by atoms with van der Waals surface area (Å²) >= 11 is 11.5. The smallest absolute Gasteiger partial charge is 0.288 e. The van der Waals surface area contributed by atoms with Crippen molar-refractivity contribution < 1.29 is 4.42 Å². The topological polar surface area (TPSA) is 37.4 Å². The zero-order valence-corrected chi connectivity index (χ0v) is 16.5. The number of piperazine rings is 1. The second-order valence-corrected chi connectivity index (χ2v) is 7.44. The van der Waals surface area contributed by atoms with Crippen molar-refractivity contribution >= 4 is 29.5 Å². The predicted molar refractivity (Wildman–Crippen MR) is 110 cm³/mol. The van der Waals surface area contributed by atoms with Crippen LogP contribution in [0.1, 0.15) is 11.5 Å². The first kappa shape index (κ1) is 18.2. The molecule has 2 heterocycles. The van der Waals surface area contributed by atoms with Gasteiger partial charge in [-0.1, -0.05) is 48.0 Å². The standard InChI is InChI=1S/C20H21ClN4OS/c21-17-7-4-8-18(14-17)24-11-9-23(10-12-24)15-25-20(27)26-19(22-25)13-16-5-2-1-3-6-16/h1-8,14H,9-13,15H2. The van der Waals surface area contributed by atoms with Crippen LogP contribution in [0.2, 0.25) is 5.02 Å². The van der Waals surface area contributed by atoms with Gasteiger partial charge >= 0.3 is 0 Å². The van der Waals surface area contributed by atoms with Crippen molar-refractivity contribution in [3.63, 3.8) is 0 Å². The van der Waals surface area contributed by atoms with E-state index in [9.17, 15) is 0 Å². The largest absolute Gasteiger partial charge is 0.414 e. The van der Waals surface area contributed by atoms with E-state index < -0.39 is 0 Å². The van der Waals surface area contributed by atoms with Gasteiger partial charge in [-0.15, -0.1) is 5.10 Å². The number of aromatic nitrogens is 2. The fourth-order valence-corrected chi connectivity index (χ4v) is 3.67. The van der Waals surface area contributed by atoms with Gasteiger partial charge in [0.2, 0.25) is 5.89 Å². The Bertz CT molecular complexity index is 948. The lowest BCUT2D eigenvalue weighted by Crippen LogP contribution is -2.47. The van der Waals surface area contributed by atoms with Crippen molar-refractivity contribution in [2.45, 2.75) is 13.1 Å². The fraction of sp³-hybridized carbons (Fsp3) is 0.300. The highest BCUT2D eigenvalue weighted by atomic mass is 35.5. The lowest BCUT2D eigenvalue weighted by molar-refractivity contribution is 0.192. The van der Waals surface area contributed by atoms with Gasteiger partial charge in [-0.2, -0.15) is 0 Å². The maximum atomic E-state index is 6.11. The van der Waals surface area contributed by atoms with E-state index in [-0.39, 0.29) is 0 Å². The van der Waals surface area contributed by atoms with Gasteiger partial charge in [0.05, 0.1) is 13.1 Å². The minimum atomic E-state index is 0.429. The van der Waals surface area contributed by atoms with E-state index in [1.165, 1.54) is 5.69 Å². The average molecular weight is 401 g/mol. The van der Waals surface area contributed by atoms with E-state index in [1.807, 2.05) is 36.4 Å². The second kappa shape index (κ2) is 8.25. The molecule has 0 saturated carbocycles. The molecule has 1 saturated heterocycles. The Balaban J connectivity index is 1.36. The van der Waals surface area contributed by atoms with Crippen molar-refractivity contribution in [1.29, 1.82) is 0 Å². The van der Waals surface area contributed by atoms with Gasteiger partial charge in [0.25, 0.3) is 4.84 Å². The Labute approximate surface area is 168 Å². The number of nitrogens with zero attached hydrogens (tertiary/aromatic N) is 4. The summed E-state index contributed by atoms with van der Waals surface area (Å²) in [4.78, 5) is 5.12. The predicted octanol–water partition coefficient (Wildman–Crippen LogP) is 4.23. The number of hydrogen-bond acceptors (Lipinski definition) is 5. The molecule has 0 spiro atoms. The van der Waals surface area contributed by atoms with Gasteiger partial charge in [-0.3, -0.25) is 4.90 Å². The van der Waals surface area contributed by atoms with Crippen LogP contribution in [0.25, 0.3) is 0 Å². The Kier molecular flexibility index (Phi) is 5.57. The molecule has 0 radical (unpaired) electrons. The minimum Gasteiger partial charge on any atom is -0.414 e. The van der Waals surface area contributed by atoms with Gasteiger partial charge in [0.15, 0.2) is 0 Å². The molecule has 7 heteroatoms. The summed E-state index contributed by atoms with van der Waals surface area (Å²) in [6.45, 7) is 4.43. The minimum absolute atomic E-state index is 0.429. The van der Waals surface area contributed by atoms with Crippen LogP contribution in [0.15, 0.2) is 59.0 Å². The molecule has 0 atom stereocenters. The molecule has 0 bridgehead atoms. The summed E-state index contributed by atoms with van der Waals surface area (Å²) in [6.07, 6.45) is 0.653. The molecule has 0 aliphatic carbocycles. The first-order valence-electron chi connectivity index (χ1n) is 9.01. The zero-order chi connectivity index (χ0) is 18.6. The van der Waals surface area contributed by atoms with Crippen molar-refractivity contribution in [2.24, 2.45) is 0 Å². The van der Waals surface area contributed by atoms with Crippen LogP contribution in [0.3, 0.4) is 0 Å². The van der Waals surface area contributed by atoms with Gasteiger partial charge in [-0.25, -0.2) is 4.68 Å². The van der Waals surface area contributed by atoms with Crippen LogP contribution >= 0.6 is 23.8 Å². The summed E-state index contributed by atoms with van der Waals surface area (Å²) in [7, 11) is 0. The summed E-state index contributed by atoms with van der Waals surface area (Å²) in [5.74, 6) is 0.656. The molecule has 1 aliphatic heterocycles. The molecule has 27 heavy (non-hydrogen) atoms. The highest BCUT2D eigenvalue weighted by molar-refractivity contribution is 7.71. The summed E-state index contributed by atoms with van der Waals surface area (Å²) in [5, 5.41) is 5.33. The maximum absolute atomic E-state index is 6.11. The molecule has 0 amide bonds. The first-order valence-corrected chi connectivity index (χ1v) is 9.79. The van der Waals surface area contributed by atoms with Crippen LogP contribution in [-0.2, 0) is 13.1 Å². The van der Waals surface area contributed by atoms with E-state index in [0.29, 0.717) is 23.8 Å². The zero-order valence-electron chi connectivity index (χ0n) is 14.9. The third kappa shape index (κ3) is 4.58. The molecule has 4 rings (SSSR count). The van der Waals surface area contributed by atoms with Crippen LogP contribution in [0.4, 0.5) is 5.69 Å². The third-order valence-corrected chi connectivity index (χ3v) is 5.26. The first-order chi connectivity index (χ1) is 13.2. The Morgan fingerprint density at radius 1 is 1.00 bits per heavy atom. The summed E-state index contributed by atoms with van der Waals surface area (Å²) in [5.41, 5.74) is 2.33. The maximum Gasteiger partial charge on any atom is 0.288 e. The number of halogens is 1. The van der Waals surface area contributed by atoms with Crippen molar-refractivity contribution in [3.8, 4) is 0 Å². The molecule has 2 aromatic carbocycles. The normalized spacial score (nSPS) is 15.2. The highest BCUT2D eigenvalue weighted by Gasteiger charge is 2.19. The quantitative estimate of drug-likeness (QED) is 0.599. The van der Waals surface area contributed by atoms with Gasteiger partial charge in [0.1, 0.15) is 0 Å². The van der Waals surface area contributed by atoms with E-state index in [1.54, 1.807) is 4.68 Å². The van der Waals surface area contributed by atoms with E-state index in [4.69, 9.17) is 28.2 Å². The summed E-state index contributed by atoms with van der Waals surface area (Å²) in [6, 6.07) is 18.2. The molecule has 1 fully saturated rings. The SMILES string of the molecule is S=c1oc(Cc2ccccc2)nn1CN1CCN(c2cccc(Cl)c2)CC1. The second-order valence-electron chi connectivity index (χ2n) is 6.65. The number of hydrogen-bond donors (Lipinski definition) is 0.